The van der Waals surface area contributed by atoms with Gasteiger partial charge in [-0.1, -0.05) is 35.3 Å². The van der Waals surface area contributed by atoms with Crippen molar-refractivity contribution in [3.8, 4) is 5.75 Å². The molecule has 1 aliphatic heterocycles. The zero-order valence-electron chi connectivity index (χ0n) is 14.5. The third-order valence-corrected chi connectivity index (χ3v) is 4.66. The summed E-state index contributed by atoms with van der Waals surface area (Å²) in [5, 5.41) is 2.64. The first kappa shape index (κ1) is 20.3. The van der Waals surface area contributed by atoms with Crippen LogP contribution in [0.1, 0.15) is 12.5 Å². The van der Waals surface area contributed by atoms with Crippen molar-refractivity contribution in [2.24, 2.45) is 0 Å². The van der Waals surface area contributed by atoms with E-state index in [9.17, 15) is 14.0 Å². The predicted octanol–water partition coefficient (Wildman–Crippen LogP) is 4.36. The van der Waals surface area contributed by atoms with Gasteiger partial charge in [0.25, 0.3) is 11.8 Å². The van der Waals surface area contributed by atoms with E-state index in [-0.39, 0.29) is 26.4 Å². The number of carbonyl (C=O) groups is 2. The fraction of sp³-hybridized carbons (Fsp3) is 0.105. The minimum absolute atomic E-state index is 0.0637. The first-order valence-corrected chi connectivity index (χ1v) is 9.27. The van der Waals surface area contributed by atoms with Gasteiger partial charge in [0, 0.05) is 0 Å². The Kier molecular flexibility index (Phi) is 5.98. The van der Waals surface area contributed by atoms with Gasteiger partial charge in [-0.3, -0.25) is 14.9 Å². The Morgan fingerprint density at radius 1 is 1.21 bits per heavy atom. The Bertz CT molecular complexity index is 1000. The van der Waals surface area contributed by atoms with Crippen LogP contribution in [-0.4, -0.2) is 23.5 Å². The van der Waals surface area contributed by atoms with Gasteiger partial charge >= 0.3 is 0 Å². The van der Waals surface area contributed by atoms with E-state index in [2.05, 4.69) is 5.32 Å². The van der Waals surface area contributed by atoms with Crippen molar-refractivity contribution in [2.45, 2.75) is 6.92 Å². The topological polar surface area (TPSA) is 58.6 Å². The van der Waals surface area contributed by atoms with Gasteiger partial charge in [-0.15, -0.1) is 0 Å². The highest BCUT2D eigenvalue weighted by Gasteiger charge is 2.35. The molecule has 144 valence electrons. The van der Waals surface area contributed by atoms with Crippen molar-refractivity contribution < 1.29 is 18.7 Å². The van der Waals surface area contributed by atoms with Gasteiger partial charge < -0.3 is 4.74 Å². The van der Waals surface area contributed by atoms with E-state index < -0.39 is 17.6 Å². The monoisotopic (exact) mass is 438 g/mol. The molecule has 0 spiro atoms. The van der Waals surface area contributed by atoms with Gasteiger partial charge in [0.15, 0.2) is 10.9 Å². The number of anilines is 1. The summed E-state index contributed by atoms with van der Waals surface area (Å²) in [6.45, 7) is 2.16. The van der Waals surface area contributed by atoms with E-state index >= 15 is 0 Å². The van der Waals surface area contributed by atoms with Crippen molar-refractivity contribution in [1.29, 1.82) is 0 Å². The van der Waals surface area contributed by atoms with Gasteiger partial charge in [-0.05, 0) is 55.0 Å². The smallest absolute Gasteiger partial charge is 0.270 e. The molecule has 2 amide bonds. The van der Waals surface area contributed by atoms with Crippen molar-refractivity contribution in [1.82, 2.24) is 5.32 Å². The number of amides is 2. The van der Waals surface area contributed by atoms with Crippen molar-refractivity contribution >= 4 is 64.1 Å². The number of halogens is 3. The molecular weight excluding hydrogens is 426 g/mol. The standard InChI is InChI=1S/C19H13Cl2FN2O3S/c1-2-27-16-12(20)8-10(9-13(16)21)7-11-17(25)23-19(28)24(18(11)26)15-6-4-3-5-14(15)22/h3-9H,2H2,1H3,(H,23,25,28)/b11-7+. The lowest BCUT2D eigenvalue weighted by Crippen LogP contribution is -2.54. The van der Waals surface area contributed by atoms with Crippen LogP contribution in [0.5, 0.6) is 5.75 Å². The number of para-hydroxylation sites is 1. The lowest BCUT2D eigenvalue weighted by atomic mass is 10.1. The van der Waals surface area contributed by atoms with Crippen LogP contribution < -0.4 is 15.0 Å². The third-order valence-electron chi connectivity index (χ3n) is 3.82. The maximum atomic E-state index is 14.2. The molecule has 1 saturated heterocycles. The van der Waals surface area contributed by atoms with Crippen LogP contribution in [0.2, 0.25) is 10.0 Å². The highest BCUT2D eigenvalue weighted by atomic mass is 35.5. The molecule has 1 aliphatic rings. The first-order chi connectivity index (χ1) is 13.3. The second-order valence-corrected chi connectivity index (χ2v) is 6.86. The molecule has 28 heavy (non-hydrogen) atoms. The number of carbonyl (C=O) groups excluding carboxylic acids is 2. The summed E-state index contributed by atoms with van der Waals surface area (Å²) >= 11 is 17.4. The fourth-order valence-electron chi connectivity index (χ4n) is 2.62. The minimum atomic E-state index is -0.764. The predicted molar refractivity (Wildman–Crippen MR) is 110 cm³/mol. The fourth-order valence-corrected chi connectivity index (χ4v) is 3.51. The molecular formula is C19H13Cl2FN2O3S. The second kappa shape index (κ2) is 8.26. The van der Waals surface area contributed by atoms with E-state index in [1.807, 2.05) is 0 Å². The molecule has 0 aromatic heterocycles. The number of nitrogens with one attached hydrogen (secondary N) is 1. The number of rotatable bonds is 4. The number of hydrogen-bond donors (Lipinski definition) is 1. The molecule has 0 radical (unpaired) electrons. The van der Waals surface area contributed by atoms with Crippen LogP contribution in [0.4, 0.5) is 10.1 Å². The molecule has 5 nitrogen and oxygen atoms in total. The van der Waals surface area contributed by atoms with Crippen molar-refractivity contribution in [3.63, 3.8) is 0 Å². The van der Waals surface area contributed by atoms with Crippen LogP contribution in [0, 0.1) is 5.82 Å². The Balaban J connectivity index is 2.04. The summed E-state index contributed by atoms with van der Waals surface area (Å²) in [6.07, 6.45) is 1.31. The van der Waals surface area contributed by atoms with Crippen LogP contribution in [0.25, 0.3) is 6.08 Å². The van der Waals surface area contributed by atoms with Crippen LogP contribution in [0.15, 0.2) is 42.0 Å². The second-order valence-electron chi connectivity index (χ2n) is 5.66. The molecule has 3 rings (SSSR count). The Morgan fingerprint density at radius 2 is 1.86 bits per heavy atom. The largest absolute Gasteiger partial charge is 0.491 e. The third kappa shape index (κ3) is 3.87. The number of nitrogens with zero attached hydrogens (tertiary/aromatic N) is 1. The molecule has 1 N–H and O–H groups in total. The maximum absolute atomic E-state index is 14.2. The molecule has 0 saturated carbocycles. The summed E-state index contributed by atoms with van der Waals surface area (Å²) in [5.74, 6) is -1.81. The van der Waals surface area contributed by atoms with Crippen LogP contribution >= 0.6 is 35.4 Å². The number of ether oxygens (including phenoxy) is 1. The number of hydrogen-bond acceptors (Lipinski definition) is 4. The quantitative estimate of drug-likeness (QED) is 0.437. The molecule has 1 fully saturated rings. The van der Waals surface area contributed by atoms with Gasteiger partial charge in [-0.25, -0.2) is 9.29 Å². The van der Waals surface area contributed by atoms with E-state index in [1.165, 1.54) is 36.4 Å². The van der Waals surface area contributed by atoms with Gasteiger partial charge in [0.2, 0.25) is 0 Å². The number of benzene rings is 2. The molecule has 2 aromatic rings. The van der Waals surface area contributed by atoms with Gasteiger partial charge in [-0.2, -0.15) is 0 Å². The normalized spacial score (nSPS) is 15.8. The average molecular weight is 439 g/mol. The summed E-state index contributed by atoms with van der Waals surface area (Å²) in [7, 11) is 0. The highest BCUT2D eigenvalue weighted by Crippen LogP contribution is 2.35. The van der Waals surface area contributed by atoms with E-state index in [1.54, 1.807) is 13.0 Å². The Hall–Kier alpha value is -2.48. The lowest BCUT2D eigenvalue weighted by molar-refractivity contribution is -0.122. The first-order valence-electron chi connectivity index (χ1n) is 8.11. The number of thiocarbonyl (C=S) groups is 1. The molecule has 2 aromatic carbocycles. The van der Waals surface area contributed by atoms with Gasteiger partial charge in [0.05, 0.1) is 22.3 Å². The summed E-state index contributed by atoms with van der Waals surface area (Å²) in [6, 6.07) is 8.63. The Morgan fingerprint density at radius 3 is 2.46 bits per heavy atom. The minimum Gasteiger partial charge on any atom is -0.491 e. The summed E-state index contributed by atoms with van der Waals surface area (Å²) in [5.41, 5.74) is 0.0950. The van der Waals surface area contributed by atoms with E-state index in [0.29, 0.717) is 17.9 Å². The van der Waals surface area contributed by atoms with Crippen molar-refractivity contribution in [2.75, 3.05) is 11.5 Å². The average Bonchev–Trinajstić information content (AvgIpc) is 2.63. The van der Waals surface area contributed by atoms with E-state index in [0.717, 1.165) is 4.90 Å². The zero-order chi connectivity index (χ0) is 20.4. The molecule has 9 heteroatoms. The van der Waals surface area contributed by atoms with E-state index in [4.69, 9.17) is 40.2 Å². The van der Waals surface area contributed by atoms with Crippen LogP contribution in [-0.2, 0) is 9.59 Å². The van der Waals surface area contributed by atoms with Gasteiger partial charge in [0.1, 0.15) is 11.4 Å². The van der Waals surface area contributed by atoms with Crippen molar-refractivity contribution in [3.05, 3.63) is 63.4 Å². The molecule has 1 heterocycles. The lowest BCUT2D eigenvalue weighted by Gasteiger charge is -2.29. The molecule has 0 aliphatic carbocycles. The SMILES string of the molecule is CCOc1c(Cl)cc(/C=C2\C(=O)NC(=S)N(c3ccccc3F)C2=O)cc1Cl. The van der Waals surface area contributed by atoms with Crippen LogP contribution in [0.3, 0.4) is 0 Å². The summed E-state index contributed by atoms with van der Waals surface area (Å²) < 4.78 is 19.5. The molecule has 0 unspecified atom stereocenters. The summed E-state index contributed by atoms with van der Waals surface area (Å²) in [4.78, 5) is 26.1. The molecule has 0 bridgehead atoms. The Labute approximate surface area is 175 Å². The maximum Gasteiger partial charge on any atom is 0.270 e. The zero-order valence-corrected chi connectivity index (χ0v) is 16.8. The highest BCUT2D eigenvalue weighted by molar-refractivity contribution is 7.80. The molecule has 0 atom stereocenters.